The van der Waals surface area contributed by atoms with E-state index >= 15 is 0 Å². The number of nitrogens with two attached hydrogens (primary N) is 1. The number of rotatable bonds is 2. The molecule has 4 heteroatoms. The van der Waals surface area contributed by atoms with Crippen LogP contribution < -0.4 is 5.73 Å². The van der Waals surface area contributed by atoms with Gasteiger partial charge in [0.1, 0.15) is 5.41 Å². The van der Waals surface area contributed by atoms with Crippen molar-refractivity contribution in [1.82, 2.24) is 0 Å². The molecule has 0 aliphatic carbocycles. The van der Waals surface area contributed by atoms with Crippen molar-refractivity contribution in [2.75, 3.05) is 13.2 Å². The first-order valence-corrected chi connectivity index (χ1v) is 4.94. The van der Waals surface area contributed by atoms with E-state index in [0.29, 0.717) is 13.2 Å². The van der Waals surface area contributed by atoms with Crippen molar-refractivity contribution in [1.29, 1.82) is 5.26 Å². The van der Waals surface area contributed by atoms with Crippen molar-refractivity contribution in [3.63, 3.8) is 0 Å². The maximum Gasteiger partial charge on any atom is 0.124 e. The lowest BCUT2D eigenvalue weighted by molar-refractivity contribution is -0.0905. The van der Waals surface area contributed by atoms with Gasteiger partial charge >= 0.3 is 0 Å². The number of hydrogen-bond acceptors (Lipinski definition) is 4. The number of nitrogens with zero attached hydrogens (tertiary/aromatic N) is 1. The van der Waals surface area contributed by atoms with E-state index in [1.807, 2.05) is 17.5 Å². The summed E-state index contributed by atoms with van der Waals surface area (Å²) in [5, 5.41) is 11.0. The minimum absolute atomic E-state index is 0.203. The highest BCUT2D eigenvalue weighted by molar-refractivity contribution is 7.10. The molecule has 0 amide bonds. The number of hydrogen-bond donors (Lipinski definition) is 1. The van der Waals surface area contributed by atoms with Crippen LogP contribution in [-0.4, -0.2) is 13.2 Å². The van der Waals surface area contributed by atoms with Gasteiger partial charge in [-0.3, -0.25) is 0 Å². The molecule has 1 fully saturated rings. The monoisotopic (exact) mass is 194 g/mol. The average molecular weight is 194 g/mol. The van der Waals surface area contributed by atoms with Crippen LogP contribution in [0.2, 0.25) is 0 Å². The summed E-state index contributed by atoms with van der Waals surface area (Å²) in [4.78, 5) is 1.06. The second kappa shape index (κ2) is 3.11. The molecule has 1 atom stereocenters. The molecule has 1 unspecified atom stereocenters. The zero-order valence-corrected chi connectivity index (χ0v) is 7.88. The Morgan fingerprint density at radius 3 is 2.85 bits per heavy atom. The zero-order valence-electron chi connectivity index (χ0n) is 7.06. The van der Waals surface area contributed by atoms with E-state index in [4.69, 9.17) is 15.7 Å². The van der Waals surface area contributed by atoms with Gasteiger partial charge in [-0.15, -0.1) is 11.3 Å². The SMILES string of the molecule is N#CC1(C(N)c2cccs2)COC1. The van der Waals surface area contributed by atoms with Gasteiger partial charge in [0, 0.05) is 4.88 Å². The van der Waals surface area contributed by atoms with E-state index in [2.05, 4.69) is 6.07 Å². The first kappa shape index (κ1) is 8.70. The second-order valence-electron chi connectivity index (χ2n) is 3.25. The maximum absolute atomic E-state index is 9.00. The summed E-state index contributed by atoms with van der Waals surface area (Å²) in [6.45, 7) is 0.922. The predicted octanol–water partition coefficient (Wildman–Crippen LogP) is 1.29. The molecular weight excluding hydrogens is 184 g/mol. The molecule has 0 spiro atoms. The Bertz CT molecular complexity index is 324. The van der Waals surface area contributed by atoms with Gasteiger partial charge in [0.2, 0.25) is 0 Å². The molecule has 2 rings (SSSR count). The van der Waals surface area contributed by atoms with Gasteiger partial charge in [0.25, 0.3) is 0 Å². The van der Waals surface area contributed by atoms with Crippen molar-refractivity contribution < 1.29 is 4.74 Å². The van der Waals surface area contributed by atoms with Gasteiger partial charge < -0.3 is 10.5 Å². The fraction of sp³-hybridized carbons (Fsp3) is 0.444. The fourth-order valence-electron chi connectivity index (χ4n) is 1.38. The third kappa shape index (κ3) is 1.25. The van der Waals surface area contributed by atoms with Crippen LogP contribution in [0, 0.1) is 16.7 Å². The summed E-state index contributed by atoms with van der Waals surface area (Å²) in [5.74, 6) is 0. The molecule has 3 nitrogen and oxygen atoms in total. The summed E-state index contributed by atoms with van der Waals surface area (Å²) in [6.07, 6.45) is 0. The third-order valence-corrected chi connectivity index (χ3v) is 3.34. The number of thiophene rings is 1. The van der Waals surface area contributed by atoms with Crippen molar-refractivity contribution >= 4 is 11.3 Å². The smallest absolute Gasteiger partial charge is 0.124 e. The van der Waals surface area contributed by atoms with E-state index in [9.17, 15) is 0 Å². The van der Waals surface area contributed by atoms with Crippen molar-refractivity contribution in [2.24, 2.45) is 11.1 Å². The van der Waals surface area contributed by atoms with Gasteiger partial charge in [0.05, 0.1) is 25.3 Å². The quantitative estimate of drug-likeness (QED) is 0.771. The van der Waals surface area contributed by atoms with Gasteiger partial charge in [-0.1, -0.05) is 6.07 Å². The normalized spacial score (nSPS) is 21.5. The molecule has 0 radical (unpaired) electrons. The average Bonchev–Trinajstić information content (AvgIpc) is 2.54. The van der Waals surface area contributed by atoms with Gasteiger partial charge in [-0.05, 0) is 11.4 Å². The first-order valence-electron chi connectivity index (χ1n) is 4.06. The molecule has 1 aliphatic heterocycles. The Morgan fingerprint density at radius 1 is 1.69 bits per heavy atom. The molecule has 0 bridgehead atoms. The second-order valence-corrected chi connectivity index (χ2v) is 4.23. The maximum atomic E-state index is 9.00. The summed E-state index contributed by atoms with van der Waals surface area (Å²) < 4.78 is 5.05. The lowest BCUT2D eigenvalue weighted by atomic mass is 9.79. The largest absolute Gasteiger partial charge is 0.378 e. The minimum Gasteiger partial charge on any atom is -0.378 e. The molecule has 1 saturated heterocycles. The molecule has 0 aromatic carbocycles. The summed E-state index contributed by atoms with van der Waals surface area (Å²) >= 11 is 1.59. The molecule has 0 saturated carbocycles. The molecule has 1 aromatic rings. The van der Waals surface area contributed by atoms with Crippen LogP contribution in [0.1, 0.15) is 10.9 Å². The fourth-order valence-corrected chi connectivity index (χ4v) is 2.22. The molecule has 1 aromatic heterocycles. The molecule has 1 aliphatic rings. The van der Waals surface area contributed by atoms with Gasteiger partial charge in [0.15, 0.2) is 0 Å². The summed E-state index contributed by atoms with van der Waals surface area (Å²) in [7, 11) is 0. The summed E-state index contributed by atoms with van der Waals surface area (Å²) in [6, 6.07) is 5.97. The molecule has 68 valence electrons. The lowest BCUT2D eigenvalue weighted by Gasteiger charge is -2.39. The van der Waals surface area contributed by atoms with Crippen LogP contribution >= 0.6 is 11.3 Å². The van der Waals surface area contributed by atoms with Crippen LogP contribution in [0.25, 0.3) is 0 Å². The molecular formula is C9H10N2OS. The topological polar surface area (TPSA) is 59.0 Å². The van der Waals surface area contributed by atoms with Gasteiger partial charge in [-0.25, -0.2) is 0 Å². The van der Waals surface area contributed by atoms with Crippen LogP contribution in [0.4, 0.5) is 0 Å². The summed E-state index contributed by atoms with van der Waals surface area (Å²) in [5.41, 5.74) is 5.52. The van der Waals surface area contributed by atoms with Crippen molar-refractivity contribution in [3.05, 3.63) is 22.4 Å². The van der Waals surface area contributed by atoms with Crippen LogP contribution in [0.15, 0.2) is 17.5 Å². The zero-order chi connectivity index (χ0) is 9.31. The van der Waals surface area contributed by atoms with Crippen LogP contribution in [0.3, 0.4) is 0 Å². The van der Waals surface area contributed by atoms with Crippen molar-refractivity contribution in [2.45, 2.75) is 6.04 Å². The van der Waals surface area contributed by atoms with E-state index in [1.165, 1.54) is 0 Å². The third-order valence-electron chi connectivity index (χ3n) is 2.39. The Kier molecular flexibility index (Phi) is 2.08. The van der Waals surface area contributed by atoms with Crippen LogP contribution in [0.5, 0.6) is 0 Å². The Labute approximate surface area is 80.7 Å². The predicted molar refractivity (Wildman–Crippen MR) is 50.1 cm³/mol. The van der Waals surface area contributed by atoms with E-state index in [1.54, 1.807) is 11.3 Å². The minimum atomic E-state index is -0.481. The highest BCUT2D eigenvalue weighted by atomic mass is 32.1. The van der Waals surface area contributed by atoms with Crippen LogP contribution in [-0.2, 0) is 4.74 Å². The highest BCUT2D eigenvalue weighted by Crippen LogP contribution is 2.39. The van der Waals surface area contributed by atoms with E-state index in [-0.39, 0.29) is 6.04 Å². The lowest BCUT2D eigenvalue weighted by Crippen LogP contribution is -2.49. The van der Waals surface area contributed by atoms with E-state index < -0.39 is 5.41 Å². The molecule has 2 heterocycles. The number of ether oxygens (including phenoxy) is 1. The standard InChI is InChI=1S/C9H10N2OS/c10-4-9(5-12-6-9)8(11)7-2-1-3-13-7/h1-3,8H,5-6,11H2. The number of nitriles is 1. The first-order chi connectivity index (χ1) is 6.28. The molecule has 2 N–H and O–H groups in total. The van der Waals surface area contributed by atoms with Crippen molar-refractivity contribution in [3.8, 4) is 6.07 Å². The highest BCUT2D eigenvalue weighted by Gasteiger charge is 2.45. The Hall–Kier alpha value is -0.890. The Balaban J connectivity index is 2.22. The molecule has 13 heavy (non-hydrogen) atoms. The van der Waals surface area contributed by atoms with E-state index in [0.717, 1.165) is 4.88 Å². The Morgan fingerprint density at radius 2 is 2.46 bits per heavy atom. The van der Waals surface area contributed by atoms with Gasteiger partial charge in [-0.2, -0.15) is 5.26 Å².